The molecule has 0 aromatic heterocycles. The van der Waals surface area contributed by atoms with Crippen LogP contribution in [0.1, 0.15) is 43.9 Å². The second-order valence-electron chi connectivity index (χ2n) is 9.91. The number of fused-ring (bicyclic) bond motifs is 3. The number of carbonyl (C=O) groups excluding carboxylic acids is 3. The van der Waals surface area contributed by atoms with Crippen LogP contribution in [0.15, 0.2) is 24.8 Å². The number of benzene rings is 1. The van der Waals surface area contributed by atoms with Gasteiger partial charge >= 0.3 is 12.2 Å². The van der Waals surface area contributed by atoms with E-state index in [0.717, 1.165) is 21.6 Å². The lowest BCUT2D eigenvalue weighted by atomic mass is 9.74. The number of hydrogen-bond acceptors (Lipinski definition) is 6. The Balaban J connectivity index is 2.00. The zero-order valence-corrected chi connectivity index (χ0v) is 22.1. The summed E-state index contributed by atoms with van der Waals surface area (Å²) >= 11 is 3.67. The van der Waals surface area contributed by atoms with Crippen molar-refractivity contribution in [2.75, 3.05) is 6.61 Å². The van der Waals surface area contributed by atoms with Crippen LogP contribution in [-0.2, 0) is 14.3 Å². The van der Waals surface area contributed by atoms with Gasteiger partial charge in [0.25, 0.3) is 0 Å². The average molecular weight is 537 g/mol. The largest absolute Gasteiger partial charge is 0.486 e. The van der Waals surface area contributed by atoms with Crippen LogP contribution in [0.3, 0.4) is 0 Å². The van der Waals surface area contributed by atoms with Gasteiger partial charge in [-0.05, 0) is 59.1 Å². The summed E-state index contributed by atoms with van der Waals surface area (Å²) in [6.45, 7) is 14.7. The molecule has 1 aromatic carbocycles. The zero-order chi connectivity index (χ0) is 25.4. The van der Waals surface area contributed by atoms with Gasteiger partial charge in [0.2, 0.25) is 5.91 Å². The molecular weight excluding hydrogens is 504 g/mol. The number of carbonyl (C=O) groups is 3. The molecule has 2 saturated heterocycles. The van der Waals surface area contributed by atoms with Crippen molar-refractivity contribution in [3.8, 4) is 5.75 Å². The first kappa shape index (κ1) is 26.1. The Hall–Kier alpha value is -2.55. The van der Waals surface area contributed by atoms with Gasteiger partial charge in [-0.2, -0.15) is 0 Å². The number of alkyl halides is 1. The molecule has 9 heteroatoms. The molecule has 0 spiro atoms. The molecule has 34 heavy (non-hydrogen) atoms. The molecule has 8 nitrogen and oxygen atoms in total. The van der Waals surface area contributed by atoms with Gasteiger partial charge in [0.05, 0.1) is 16.8 Å². The Morgan fingerprint density at radius 1 is 1.24 bits per heavy atom. The third kappa shape index (κ3) is 5.40. The fourth-order valence-electron chi connectivity index (χ4n) is 4.70. The maximum Gasteiger partial charge on any atom is 0.417 e. The highest BCUT2D eigenvalue weighted by Crippen LogP contribution is 2.43. The molecule has 2 aliphatic heterocycles. The van der Waals surface area contributed by atoms with E-state index in [1.54, 1.807) is 20.8 Å². The third-order valence-corrected chi connectivity index (χ3v) is 7.05. The Bertz CT molecular complexity index is 965. The highest BCUT2D eigenvalue weighted by atomic mass is 79.9. The minimum Gasteiger partial charge on any atom is -0.486 e. The van der Waals surface area contributed by atoms with Gasteiger partial charge in [0, 0.05) is 0 Å². The molecule has 3 aliphatic rings. The highest BCUT2D eigenvalue weighted by molar-refractivity contribution is 9.09. The van der Waals surface area contributed by atoms with Crippen LogP contribution in [0.4, 0.5) is 9.59 Å². The van der Waals surface area contributed by atoms with E-state index in [1.165, 1.54) is 6.08 Å². The maximum atomic E-state index is 13.3. The van der Waals surface area contributed by atoms with Gasteiger partial charge in [-0.3, -0.25) is 4.79 Å². The van der Waals surface area contributed by atoms with Gasteiger partial charge in [-0.15, -0.1) is 0 Å². The second-order valence-corrected chi connectivity index (χ2v) is 11.0. The molecule has 2 heterocycles. The number of nitrogens with zero attached hydrogens (tertiary/aromatic N) is 1. The lowest BCUT2D eigenvalue weighted by Gasteiger charge is -2.53. The lowest BCUT2D eigenvalue weighted by Crippen LogP contribution is -2.74. The number of aryl methyl sites for hydroxylation is 3. The predicted molar refractivity (Wildman–Crippen MR) is 131 cm³/mol. The van der Waals surface area contributed by atoms with Crippen LogP contribution >= 0.6 is 15.9 Å². The SMILES string of the molecule is C=CCOC(=O)N[C@H]1C[C@@H]2C(=O)N(C(=O)OC(C)(C)C)[C@H]1[C@H](Oc1c(C)cc(C)cc1C)[C@H]2Br. The molecule has 5 atom stereocenters. The molecule has 4 rings (SSSR count). The van der Waals surface area contributed by atoms with Crippen molar-refractivity contribution in [1.29, 1.82) is 0 Å². The Kier molecular flexibility index (Phi) is 7.65. The van der Waals surface area contributed by atoms with Crippen LogP contribution in [-0.4, -0.2) is 58.2 Å². The third-order valence-electron chi connectivity index (χ3n) is 5.89. The first-order valence-corrected chi connectivity index (χ1v) is 12.2. The van der Waals surface area contributed by atoms with Gasteiger partial charge < -0.3 is 19.5 Å². The van der Waals surface area contributed by atoms with Gasteiger partial charge in [-0.25, -0.2) is 14.5 Å². The van der Waals surface area contributed by atoms with Crippen molar-refractivity contribution in [2.45, 2.75) is 76.6 Å². The molecule has 1 aromatic rings. The Labute approximate surface area is 209 Å². The van der Waals surface area contributed by atoms with Gasteiger partial charge in [0.1, 0.15) is 30.1 Å². The van der Waals surface area contributed by atoms with E-state index in [1.807, 2.05) is 32.9 Å². The fraction of sp³-hybridized carbons (Fsp3) is 0.560. The van der Waals surface area contributed by atoms with Crippen molar-refractivity contribution >= 4 is 34.0 Å². The summed E-state index contributed by atoms with van der Waals surface area (Å²) in [4.78, 5) is 39.6. The summed E-state index contributed by atoms with van der Waals surface area (Å²) in [5.74, 6) is -0.258. The normalized spacial score (nSPS) is 26.1. The van der Waals surface area contributed by atoms with E-state index in [-0.39, 0.29) is 17.3 Å². The minimum absolute atomic E-state index is 0.0457. The van der Waals surface area contributed by atoms with Crippen molar-refractivity contribution < 1.29 is 28.6 Å². The number of imide groups is 1. The smallest absolute Gasteiger partial charge is 0.417 e. The van der Waals surface area contributed by atoms with E-state index in [9.17, 15) is 14.4 Å². The highest BCUT2D eigenvalue weighted by Gasteiger charge is 2.60. The van der Waals surface area contributed by atoms with E-state index in [0.29, 0.717) is 12.2 Å². The first-order valence-electron chi connectivity index (χ1n) is 11.3. The van der Waals surface area contributed by atoms with E-state index < -0.39 is 41.9 Å². The van der Waals surface area contributed by atoms with Crippen molar-refractivity contribution in [3.63, 3.8) is 0 Å². The minimum atomic E-state index is -0.798. The molecule has 186 valence electrons. The average Bonchev–Trinajstić information content (AvgIpc) is 2.70. The summed E-state index contributed by atoms with van der Waals surface area (Å²) in [7, 11) is 0. The van der Waals surface area contributed by atoms with Crippen LogP contribution in [0.5, 0.6) is 5.75 Å². The number of piperidine rings is 2. The second kappa shape index (κ2) is 9.98. The summed E-state index contributed by atoms with van der Waals surface area (Å²) in [5, 5.41) is 2.82. The van der Waals surface area contributed by atoms with E-state index >= 15 is 0 Å². The van der Waals surface area contributed by atoms with Crippen LogP contribution < -0.4 is 10.1 Å². The van der Waals surface area contributed by atoms with E-state index in [2.05, 4.69) is 27.8 Å². The lowest BCUT2D eigenvalue weighted by molar-refractivity contribution is -0.153. The van der Waals surface area contributed by atoms with Gasteiger partial charge in [0.15, 0.2) is 0 Å². The topological polar surface area (TPSA) is 94.2 Å². The number of nitrogens with one attached hydrogen (secondary N) is 1. The monoisotopic (exact) mass is 536 g/mol. The van der Waals surface area contributed by atoms with Crippen molar-refractivity contribution in [3.05, 3.63) is 41.5 Å². The number of ether oxygens (including phenoxy) is 3. The fourth-order valence-corrected chi connectivity index (χ4v) is 5.56. The van der Waals surface area contributed by atoms with Crippen LogP contribution in [0.25, 0.3) is 0 Å². The molecule has 0 unspecified atom stereocenters. The molecule has 1 aliphatic carbocycles. The number of alkyl carbamates (subject to hydrolysis) is 1. The Morgan fingerprint density at radius 3 is 2.41 bits per heavy atom. The zero-order valence-electron chi connectivity index (χ0n) is 20.5. The van der Waals surface area contributed by atoms with E-state index in [4.69, 9.17) is 14.2 Å². The summed E-state index contributed by atoms with van der Waals surface area (Å²) < 4.78 is 17.2. The number of halogens is 1. The van der Waals surface area contributed by atoms with Crippen LogP contribution in [0, 0.1) is 26.7 Å². The number of amides is 3. The Morgan fingerprint density at radius 2 is 1.85 bits per heavy atom. The van der Waals surface area contributed by atoms with Crippen molar-refractivity contribution in [1.82, 2.24) is 10.2 Å². The summed E-state index contributed by atoms with van der Waals surface area (Å²) in [6, 6.07) is 2.67. The molecular formula is C25H33BrN2O6. The number of rotatable bonds is 5. The van der Waals surface area contributed by atoms with Crippen molar-refractivity contribution in [2.24, 2.45) is 5.92 Å². The standard InChI is InChI=1S/C25H33BrN2O6/c1-8-9-32-23(30)27-17-12-16-18(26)21(33-20-14(3)10-13(2)11-15(20)4)19(17)28(22(16)29)24(31)34-25(5,6)7/h8,10-11,16-19,21H,1,9,12H2,2-7H3,(H,27,30)/t16-,17-,18-,19+,21+/m0/s1. The molecule has 1 saturated carbocycles. The summed E-state index contributed by atoms with van der Waals surface area (Å²) in [5.41, 5.74) is 2.21. The maximum absolute atomic E-state index is 13.3. The molecule has 0 radical (unpaired) electrons. The molecule has 1 N–H and O–H groups in total. The summed E-state index contributed by atoms with van der Waals surface area (Å²) in [6.07, 6.45) is -0.223. The number of hydrogen-bond donors (Lipinski definition) is 1. The predicted octanol–water partition coefficient (Wildman–Crippen LogP) is 4.57. The molecule has 2 bridgehead atoms. The van der Waals surface area contributed by atoms with Gasteiger partial charge in [-0.1, -0.05) is 46.3 Å². The molecule has 3 amide bonds. The first-order chi connectivity index (χ1) is 15.8. The molecule has 3 fully saturated rings. The quantitative estimate of drug-likeness (QED) is 0.437. The van der Waals surface area contributed by atoms with Crippen LogP contribution in [0.2, 0.25) is 0 Å².